The van der Waals surface area contributed by atoms with Crippen molar-refractivity contribution in [3.63, 3.8) is 0 Å². The van der Waals surface area contributed by atoms with Crippen LogP contribution >= 0.6 is 0 Å². The van der Waals surface area contributed by atoms with Crippen molar-refractivity contribution in [2.45, 2.75) is 39.2 Å². The molecule has 0 fully saturated rings. The van der Waals surface area contributed by atoms with E-state index < -0.39 is 0 Å². The highest BCUT2D eigenvalue weighted by molar-refractivity contribution is 5.27. The van der Waals surface area contributed by atoms with E-state index in [2.05, 4.69) is 45.0 Å². The number of benzene rings is 1. The van der Waals surface area contributed by atoms with Crippen molar-refractivity contribution >= 4 is 0 Å². The molecule has 0 spiro atoms. The molecule has 0 aliphatic heterocycles. The lowest BCUT2D eigenvalue weighted by Crippen LogP contribution is -2.29. The lowest BCUT2D eigenvalue weighted by molar-refractivity contribution is -0.139. The van der Waals surface area contributed by atoms with Crippen LogP contribution in [0.4, 0.5) is 0 Å². The Hall–Kier alpha value is -0.860. The highest BCUT2D eigenvalue weighted by Crippen LogP contribution is 2.33. The Balaban J connectivity index is 2.99. The third-order valence-electron chi connectivity index (χ3n) is 3.14. The van der Waals surface area contributed by atoms with Gasteiger partial charge in [-0.05, 0) is 25.3 Å². The zero-order valence-corrected chi connectivity index (χ0v) is 10.7. The molecule has 0 unspecified atom stereocenters. The fourth-order valence-electron chi connectivity index (χ4n) is 2.05. The third kappa shape index (κ3) is 2.83. The van der Waals surface area contributed by atoms with E-state index in [9.17, 15) is 0 Å². The monoisotopic (exact) mass is 222 g/mol. The van der Waals surface area contributed by atoms with Gasteiger partial charge < -0.3 is 9.47 Å². The summed E-state index contributed by atoms with van der Waals surface area (Å²) in [5.41, 5.74) is 2.31. The molecule has 1 rings (SSSR count). The van der Waals surface area contributed by atoms with Gasteiger partial charge in [0.25, 0.3) is 0 Å². The summed E-state index contributed by atoms with van der Waals surface area (Å²) in [5.74, 6) is 0. The number of hydrogen-bond acceptors (Lipinski definition) is 2. The van der Waals surface area contributed by atoms with Crippen LogP contribution in [0.1, 0.15) is 37.8 Å². The van der Waals surface area contributed by atoms with E-state index in [1.807, 2.05) is 0 Å². The summed E-state index contributed by atoms with van der Waals surface area (Å²) in [6, 6.07) is 8.52. The van der Waals surface area contributed by atoms with Crippen LogP contribution in [0.25, 0.3) is 0 Å². The van der Waals surface area contributed by atoms with Crippen LogP contribution in [0, 0.1) is 6.92 Å². The summed E-state index contributed by atoms with van der Waals surface area (Å²) in [7, 11) is 1.66. The van der Waals surface area contributed by atoms with E-state index in [0.29, 0.717) is 6.79 Å². The first-order valence-electron chi connectivity index (χ1n) is 5.88. The molecule has 1 aromatic rings. The van der Waals surface area contributed by atoms with Gasteiger partial charge in [-0.25, -0.2) is 0 Å². The standard InChI is InChI=1S/C14H22O2/c1-5-14(6-2,16-11-15-4)13-9-7-8-12(3)10-13/h7-10H,5-6,11H2,1-4H3. The second-order valence-corrected chi connectivity index (χ2v) is 4.12. The first-order valence-corrected chi connectivity index (χ1v) is 5.88. The molecule has 0 bridgehead atoms. The molecule has 0 N–H and O–H groups in total. The Morgan fingerprint density at radius 3 is 2.38 bits per heavy atom. The predicted octanol–water partition coefficient (Wildman–Crippen LogP) is 3.63. The van der Waals surface area contributed by atoms with Crippen LogP contribution < -0.4 is 0 Å². The molecule has 0 saturated heterocycles. The van der Waals surface area contributed by atoms with E-state index in [-0.39, 0.29) is 5.60 Å². The molecule has 0 heterocycles. The summed E-state index contributed by atoms with van der Waals surface area (Å²) in [6.07, 6.45) is 1.91. The van der Waals surface area contributed by atoms with Gasteiger partial charge in [0.15, 0.2) is 0 Å². The van der Waals surface area contributed by atoms with Crippen LogP contribution in [-0.4, -0.2) is 13.9 Å². The molecule has 0 aliphatic rings. The van der Waals surface area contributed by atoms with Gasteiger partial charge in [-0.1, -0.05) is 43.7 Å². The molecular formula is C14H22O2. The maximum Gasteiger partial charge on any atom is 0.147 e. The van der Waals surface area contributed by atoms with Crippen molar-refractivity contribution in [3.8, 4) is 0 Å². The number of hydrogen-bond donors (Lipinski definition) is 0. The zero-order valence-electron chi connectivity index (χ0n) is 10.7. The summed E-state index contributed by atoms with van der Waals surface area (Å²) in [4.78, 5) is 0. The second kappa shape index (κ2) is 6.02. The lowest BCUT2D eigenvalue weighted by atomic mass is 9.87. The molecule has 90 valence electrons. The molecule has 2 heteroatoms. The molecule has 0 amide bonds. The van der Waals surface area contributed by atoms with Crippen LogP contribution in [0.3, 0.4) is 0 Å². The first kappa shape index (κ1) is 13.2. The minimum absolute atomic E-state index is 0.206. The quantitative estimate of drug-likeness (QED) is 0.684. The third-order valence-corrected chi connectivity index (χ3v) is 3.14. The molecule has 0 aromatic heterocycles. The Morgan fingerprint density at radius 1 is 1.19 bits per heavy atom. The van der Waals surface area contributed by atoms with Gasteiger partial charge in [0.1, 0.15) is 6.79 Å². The van der Waals surface area contributed by atoms with Gasteiger partial charge in [-0.15, -0.1) is 0 Å². The van der Waals surface area contributed by atoms with E-state index in [1.54, 1.807) is 7.11 Å². The van der Waals surface area contributed by atoms with Gasteiger partial charge >= 0.3 is 0 Å². The average Bonchev–Trinajstić information content (AvgIpc) is 2.31. The minimum Gasteiger partial charge on any atom is -0.359 e. The molecule has 0 aliphatic carbocycles. The normalized spacial score (nSPS) is 11.8. The van der Waals surface area contributed by atoms with Gasteiger partial charge in [0, 0.05) is 7.11 Å². The van der Waals surface area contributed by atoms with Crippen molar-refractivity contribution in [2.75, 3.05) is 13.9 Å². The van der Waals surface area contributed by atoms with E-state index in [0.717, 1.165) is 12.8 Å². The summed E-state index contributed by atoms with van der Waals surface area (Å²) in [6.45, 7) is 6.76. The van der Waals surface area contributed by atoms with Crippen LogP contribution in [0.15, 0.2) is 24.3 Å². The fourth-order valence-corrected chi connectivity index (χ4v) is 2.05. The topological polar surface area (TPSA) is 18.5 Å². The second-order valence-electron chi connectivity index (χ2n) is 4.12. The predicted molar refractivity (Wildman–Crippen MR) is 66.4 cm³/mol. The van der Waals surface area contributed by atoms with Crippen molar-refractivity contribution in [1.82, 2.24) is 0 Å². The van der Waals surface area contributed by atoms with Gasteiger partial charge in [-0.3, -0.25) is 0 Å². The number of methoxy groups -OCH3 is 1. The minimum atomic E-state index is -0.206. The summed E-state index contributed by atoms with van der Waals surface area (Å²) in [5, 5.41) is 0. The lowest BCUT2D eigenvalue weighted by Gasteiger charge is -2.32. The Labute approximate surface area is 98.6 Å². The van der Waals surface area contributed by atoms with Gasteiger partial charge in [-0.2, -0.15) is 0 Å². The molecular weight excluding hydrogens is 200 g/mol. The van der Waals surface area contributed by atoms with E-state index >= 15 is 0 Å². The maximum atomic E-state index is 5.90. The van der Waals surface area contributed by atoms with Crippen molar-refractivity contribution in [2.24, 2.45) is 0 Å². The number of aryl methyl sites for hydroxylation is 1. The maximum absolute atomic E-state index is 5.90. The Morgan fingerprint density at radius 2 is 1.88 bits per heavy atom. The van der Waals surface area contributed by atoms with Crippen LogP contribution in [-0.2, 0) is 15.1 Å². The van der Waals surface area contributed by atoms with E-state index in [4.69, 9.17) is 9.47 Å². The van der Waals surface area contributed by atoms with Crippen molar-refractivity contribution in [1.29, 1.82) is 0 Å². The Kier molecular flexibility index (Phi) is 4.97. The molecule has 1 aromatic carbocycles. The SMILES string of the molecule is CCC(CC)(OCOC)c1cccc(C)c1. The summed E-state index contributed by atoms with van der Waals surface area (Å²) < 4.78 is 10.9. The largest absolute Gasteiger partial charge is 0.359 e. The molecule has 2 nitrogen and oxygen atoms in total. The number of rotatable bonds is 6. The fraction of sp³-hybridized carbons (Fsp3) is 0.571. The molecule has 0 atom stereocenters. The molecule has 0 radical (unpaired) electrons. The first-order chi connectivity index (χ1) is 7.68. The smallest absolute Gasteiger partial charge is 0.147 e. The number of ether oxygens (including phenoxy) is 2. The average molecular weight is 222 g/mol. The molecule has 16 heavy (non-hydrogen) atoms. The van der Waals surface area contributed by atoms with Crippen LogP contribution in [0.2, 0.25) is 0 Å². The van der Waals surface area contributed by atoms with Gasteiger partial charge in [0.05, 0.1) is 5.60 Å². The highest BCUT2D eigenvalue weighted by atomic mass is 16.7. The highest BCUT2D eigenvalue weighted by Gasteiger charge is 2.29. The summed E-state index contributed by atoms with van der Waals surface area (Å²) >= 11 is 0. The van der Waals surface area contributed by atoms with Crippen molar-refractivity contribution in [3.05, 3.63) is 35.4 Å². The Bertz CT molecular complexity index is 316. The van der Waals surface area contributed by atoms with Crippen LogP contribution in [0.5, 0.6) is 0 Å². The van der Waals surface area contributed by atoms with Gasteiger partial charge in [0.2, 0.25) is 0 Å². The zero-order chi connectivity index (χ0) is 12.0. The molecule has 0 saturated carbocycles. The van der Waals surface area contributed by atoms with E-state index in [1.165, 1.54) is 11.1 Å². The van der Waals surface area contributed by atoms with Crippen molar-refractivity contribution < 1.29 is 9.47 Å².